The molecule has 3 heteroatoms. The molecule has 0 spiro atoms. The van der Waals surface area contributed by atoms with Crippen molar-refractivity contribution in [1.29, 1.82) is 0 Å². The van der Waals surface area contributed by atoms with Crippen LogP contribution < -0.4 is 5.32 Å². The van der Waals surface area contributed by atoms with Gasteiger partial charge in [-0.1, -0.05) is 20.8 Å². The van der Waals surface area contributed by atoms with Gasteiger partial charge in [0.2, 0.25) is 0 Å². The number of aromatic nitrogens is 2. The molecule has 0 aliphatic heterocycles. The monoisotopic (exact) mass is 261 g/mol. The number of hydrogen-bond donors (Lipinski definition) is 2. The molecule has 0 aromatic carbocycles. The summed E-state index contributed by atoms with van der Waals surface area (Å²) in [6, 6.07) is 0.632. The second-order valence-corrected chi connectivity index (χ2v) is 7.64. The highest BCUT2D eigenvalue weighted by Gasteiger charge is 2.58. The van der Waals surface area contributed by atoms with Gasteiger partial charge in [-0.3, -0.25) is 5.10 Å². The summed E-state index contributed by atoms with van der Waals surface area (Å²) >= 11 is 0. The van der Waals surface area contributed by atoms with E-state index in [1.54, 1.807) is 0 Å². The van der Waals surface area contributed by atoms with E-state index in [1.165, 1.54) is 30.5 Å². The average molecular weight is 261 g/mol. The number of nitrogens with one attached hydrogen (secondary N) is 2. The third kappa shape index (κ3) is 1.85. The van der Waals surface area contributed by atoms with Crippen molar-refractivity contribution in [3.05, 3.63) is 17.0 Å². The number of aromatic amines is 1. The molecule has 1 aromatic rings. The maximum absolute atomic E-state index is 4.30. The minimum absolute atomic E-state index is 0.429. The van der Waals surface area contributed by atoms with E-state index in [9.17, 15) is 0 Å². The van der Waals surface area contributed by atoms with Crippen LogP contribution in [0.4, 0.5) is 0 Å². The molecule has 2 saturated carbocycles. The fourth-order valence-corrected chi connectivity index (χ4v) is 4.85. The van der Waals surface area contributed by atoms with Crippen molar-refractivity contribution in [2.24, 2.45) is 16.7 Å². The summed E-state index contributed by atoms with van der Waals surface area (Å²) in [5.74, 6) is 0.904. The van der Waals surface area contributed by atoms with Gasteiger partial charge in [-0.2, -0.15) is 5.10 Å². The molecule has 2 N–H and O–H groups in total. The van der Waals surface area contributed by atoms with Crippen molar-refractivity contribution in [2.45, 2.75) is 66.5 Å². The second kappa shape index (κ2) is 4.08. The highest BCUT2D eigenvalue weighted by atomic mass is 15.1. The number of hydrogen-bond acceptors (Lipinski definition) is 2. The van der Waals surface area contributed by atoms with Crippen molar-refractivity contribution < 1.29 is 0 Å². The van der Waals surface area contributed by atoms with E-state index >= 15 is 0 Å². The number of aryl methyl sites for hydroxylation is 2. The molecule has 3 unspecified atom stereocenters. The molecule has 3 nitrogen and oxygen atoms in total. The molecule has 2 bridgehead atoms. The molecular weight excluding hydrogens is 234 g/mol. The minimum atomic E-state index is 0.429. The maximum Gasteiger partial charge on any atom is 0.0638 e. The Hall–Kier alpha value is -0.830. The van der Waals surface area contributed by atoms with Gasteiger partial charge in [0.05, 0.1) is 5.69 Å². The Kier molecular flexibility index (Phi) is 2.83. The summed E-state index contributed by atoms with van der Waals surface area (Å²) in [6.45, 7) is 12.5. The van der Waals surface area contributed by atoms with Crippen molar-refractivity contribution in [3.8, 4) is 0 Å². The van der Waals surface area contributed by atoms with Gasteiger partial charge in [-0.25, -0.2) is 0 Å². The van der Waals surface area contributed by atoms with Gasteiger partial charge in [0.25, 0.3) is 0 Å². The van der Waals surface area contributed by atoms with Gasteiger partial charge < -0.3 is 5.32 Å². The van der Waals surface area contributed by atoms with E-state index in [0.29, 0.717) is 16.9 Å². The summed E-state index contributed by atoms with van der Waals surface area (Å²) in [5.41, 5.74) is 4.62. The van der Waals surface area contributed by atoms with Crippen LogP contribution in [0, 0.1) is 30.6 Å². The van der Waals surface area contributed by atoms with Crippen LogP contribution in [-0.4, -0.2) is 16.2 Å². The summed E-state index contributed by atoms with van der Waals surface area (Å²) in [7, 11) is 0. The van der Waals surface area contributed by atoms with E-state index in [4.69, 9.17) is 0 Å². The Morgan fingerprint density at radius 2 is 2.05 bits per heavy atom. The van der Waals surface area contributed by atoms with Crippen LogP contribution in [0.3, 0.4) is 0 Å². The Labute approximate surface area is 116 Å². The van der Waals surface area contributed by atoms with E-state index in [1.807, 2.05) is 0 Å². The lowest BCUT2D eigenvalue weighted by atomic mass is 9.68. The Morgan fingerprint density at radius 1 is 1.32 bits per heavy atom. The van der Waals surface area contributed by atoms with Gasteiger partial charge in [0.1, 0.15) is 0 Å². The Morgan fingerprint density at radius 3 is 2.58 bits per heavy atom. The van der Waals surface area contributed by atoms with Crippen LogP contribution in [0.5, 0.6) is 0 Å². The van der Waals surface area contributed by atoms with Crippen molar-refractivity contribution in [3.63, 3.8) is 0 Å². The third-order valence-electron chi connectivity index (χ3n) is 6.03. The summed E-state index contributed by atoms with van der Waals surface area (Å²) < 4.78 is 0. The number of rotatable bonds is 3. The molecular formula is C16H27N3. The lowest BCUT2D eigenvalue weighted by molar-refractivity contribution is 0.108. The fourth-order valence-electron chi connectivity index (χ4n) is 4.85. The first-order valence-electron chi connectivity index (χ1n) is 7.58. The molecule has 0 amide bonds. The van der Waals surface area contributed by atoms with Crippen LogP contribution >= 0.6 is 0 Å². The van der Waals surface area contributed by atoms with Crippen LogP contribution in [0.2, 0.25) is 0 Å². The molecule has 19 heavy (non-hydrogen) atoms. The topological polar surface area (TPSA) is 40.7 Å². The Bertz CT molecular complexity index is 464. The standard InChI is InChI=1S/C16H27N3/c1-10-13(11(2)19-18-10)9-17-14-15(3,4)12-6-7-16(14,5)8-12/h12,14,17H,6-9H2,1-5H3,(H,18,19). The molecule has 2 aliphatic rings. The maximum atomic E-state index is 4.30. The molecule has 3 rings (SSSR count). The first-order valence-corrected chi connectivity index (χ1v) is 7.58. The first-order chi connectivity index (χ1) is 8.84. The second-order valence-electron chi connectivity index (χ2n) is 7.64. The Balaban J connectivity index is 1.77. The predicted octanol–water partition coefficient (Wildman–Crippen LogP) is 3.33. The van der Waals surface area contributed by atoms with Crippen molar-refractivity contribution >= 4 is 0 Å². The molecule has 106 valence electrons. The lowest BCUT2D eigenvalue weighted by Crippen LogP contribution is -2.50. The van der Waals surface area contributed by atoms with Crippen molar-refractivity contribution in [2.75, 3.05) is 0 Å². The van der Waals surface area contributed by atoms with Crippen LogP contribution in [-0.2, 0) is 6.54 Å². The average Bonchev–Trinajstić information content (AvgIpc) is 2.91. The third-order valence-corrected chi connectivity index (χ3v) is 6.03. The predicted molar refractivity (Wildman–Crippen MR) is 77.9 cm³/mol. The summed E-state index contributed by atoms with van der Waals surface area (Å²) in [5, 5.41) is 11.3. The molecule has 2 aliphatic carbocycles. The molecule has 1 heterocycles. The number of fused-ring (bicyclic) bond motifs is 2. The van der Waals surface area contributed by atoms with E-state index < -0.39 is 0 Å². The van der Waals surface area contributed by atoms with E-state index in [0.717, 1.165) is 18.2 Å². The first kappa shape index (κ1) is 13.2. The zero-order valence-corrected chi connectivity index (χ0v) is 12.9. The van der Waals surface area contributed by atoms with Gasteiger partial charge in [-0.15, -0.1) is 0 Å². The summed E-state index contributed by atoms with van der Waals surface area (Å²) in [4.78, 5) is 0. The highest BCUT2D eigenvalue weighted by molar-refractivity contribution is 5.23. The largest absolute Gasteiger partial charge is 0.309 e. The summed E-state index contributed by atoms with van der Waals surface area (Å²) in [6.07, 6.45) is 4.22. The molecule has 1 aromatic heterocycles. The molecule has 2 fully saturated rings. The van der Waals surface area contributed by atoms with Crippen LogP contribution in [0.15, 0.2) is 0 Å². The zero-order chi connectivity index (χ0) is 13.8. The minimum Gasteiger partial charge on any atom is -0.309 e. The molecule has 0 radical (unpaired) electrons. The highest BCUT2D eigenvalue weighted by Crippen LogP contribution is 2.62. The van der Waals surface area contributed by atoms with Crippen molar-refractivity contribution in [1.82, 2.24) is 15.5 Å². The van der Waals surface area contributed by atoms with Gasteiger partial charge in [-0.05, 0) is 49.9 Å². The van der Waals surface area contributed by atoms with Gasteiger partial charge in [0, 0.05) is 23.8 Å². The number of H-pyrrole nitrogens is 1. The smallest absolute Gasteiger partial charge is 0.0638 e. The van der Waals surface area contributed by atoms with Crippen LogP contribution in [0.25, 0.3) is 0 Å². The SMILES string of the molecule is Cc1n[nH]c(C)c1CNC1C2(C)CCC(C2)C1(C)C. The molecule has 0 saturated heterocycles. The van der Waals surface area contributed by atoms with E-state index in [-0.39, 0.29) is 0 Å². The van der Waals surface area contributed by atoms with E-state index in [2.05, 4.69) is 50.1 Å². The fraction of sp³-hybridized carbons (Fsp3) is 0.812. The van der Waals surface area contributed by atoms with Gasteiger partial charge in [0.15, 0.2) is 0 Å². The quantitative estimate of drug-likeness (QED) is 0.876. The van der Waals surface area contributed by atoms with Gasteiger partial charge >= 0.3 is 0 Å². The van der Waals surface area contributed by atoms with Crippen LogP contribution in [0.1, 0.15) is 57.0 Å². The lowest BCUT2D eigenvalue weighted by Gasteiger charge is -2.43. The molecule has 3 atom stereocenters. The number of nitrogens with zero attached hydrogens (tertiary/aromatic N) is 1. The zero-order valence-electron chi connectivity index (χ0n) is 12.9. The normalized spacial score (nSPS) is 36.1.